The highest BCUT2D eigenvalue weighted by molar-refractivity contribution is 6.18. The summed E-state index contributed by atoms with van der Waals surface area (Å²) in [6.07, 6.45) is 0. The Labute approximate surface area is 303 Å². The fraction of sp³-hybridized carbons (Fsp3) is 0. The van der Waals surface area contributed by atoms with Crippen LogP contribution in [0.3, 0.4) is 0 Å². The van der Waals surface area contributed by atoms with E-state index in [0.717, 1.165) is 88.6 Å². The maximum atomic E-state index is 15.1. The molecule has 0 aliphatic carbocycles. The molecule has 0 aliphatic heterocycles. The smallest absolute Gasteiger partial charge is 0.137 e. The van der Waals surface area contributed by atoms with Gasteiger partial charge in [-0.25, -0.2) is 4.39 Å². The number of rotatable bonds is 5. The fourth-order valence-electron chi connectivity index (χ4n) is 8.34. The van der Waals surface area contributed by atoms with E-state index in [1.807, 2.05) is 42.5 Å². The second kappa shape index (κ2) is 11.5. The van der Waals surface area contributed by atoms with E-state index in [1.54, 1.807) is 12.1 Å². The predicted octanol–water partition coefficient (Wildman–Crippen LogP) is 13.4. The Morgan fingerprint density at radius 3 is 1.64 bits per heavy atom. The SMILES string of the molecule is Fc1ccc2c(c1)c1cccc(N(c3ccc4c(c3)oc3ccccc34)c3cccc4c5ccccc5n(-c5ccccc5)c34)c1n2-c1ccccc1. The molecule has 3 aromatic heterocycles. The first-order valence-corrected chi connectivity index (χ1v) is 17.8. The first-order chi connectivity index (χ1) is 26.2. The fourth-order valence-corrected chi connectivity index (χ4v) is 8.34. The molecule has 0 unspecified atom stereocenters. The summed E-state index contributed by atoms with van der Waals surface area (Å²) in [6, 6.07) is 62.2. The van der Waals surface area contributed by atoms with Crippen molar-refractivity contribution in [2.24, 2.45) is 0 Å². The number of aromatic nitrogens is 2. The van der Waals surface area contributed by atoms with Gasteiger partial charge in [-0.1, -0.05) is 97.1 Å². The van der Waals surface area contributed by atoms with Crippen LogP contribution >= 0.6 is 0 Å². The lowest BCUT2D eigenvalue weighted by molar-refractivity contribution is 0.629. The van der Waals surface area contributed by atoms with Gasteiger partial charge in [-0.15, -0.1) is 0 Å². The summed E-state index contributed by atoms with van der Waals surface area (Å²) in [5.74, 6) is -0.264. The third kappa shape index (κ3) is 4.41. The Kier molecular flexibility index (Phi) is 6.40. The van der Waals surface area contributed by atoms with Gasteiger partial charge >= 0.3 is 0 Å². The number of hydrogen-bond donors (Lipinski definition) is 0. The molecule has 0 saturated heterocycles. The van der Waals surface area contributed by atoms with Gasteiger partial charge in [0.25, 0.3) is 0 Å². The number of furan rings is 1. The van der Waals surface area contributed by atoms with Gasteiger partial charge in [0.15, 0.2) is 0 Å². The topological polar surface area (TPSA) is 26.2 Å². The molecule has 0 amide bonds. The molecule has 0 spiro atoms. The lowest BCUT2D eigenvalue weighted by atomic mass is 10.1. The first-order valence-electron chi connectivity index (χ1n) is 17.8. The molecule has 0 aliphatic rings. The molecule has 0 bridgehead atoms. The van der Waals surface area contributed by atoms with Gasteiger partial charge in [-0.05, 0) is 78.9 Å². The molecule has 0 saturated carbocycles. The third-order valence-electron chi connectivity index (χ3n) is 10.5. The molecule has 0 radical (unpaired) electrons. The van der Waals surface area contributed by atoms with E-state index in [9.17, 15) is 0 Å². The van der Waals surface area contributed by atoms with Crippen LogP contribution in [0.15, 0.2) is 186 Å². The van der Waals surface area contributed by atoms with Crippen LogP contribution in [0.5, 0.6) is 0 Å². The summed E-state index contributed by atoms with van der Waals surface area (Å²) >= 11 is 0. The second-order valence-electron chi connectivity index (χ2n) is 13.5. The van der Waals surface area contributed by atoms with E-state index in [1.165, 1.54) is 5.39 Å². The van der Waals surface area contributed by atoms with Crippen LogP contribution in [-0.2, 0) is 0 Å². The Hall–Kier alpha value is -7.11. The highest BCUT2D eigenvalue weighted by atomic mass is 19.1. The van der Waals surface area contributed by atoms with Crippen molar-refractivity contribution in [2.45, 2.75) is 0 Å². The third-order valence-corrected chi connectivity index (χ3v) is 10.5. The van der Waals surface area contributed by atoms with Gasteiger partial charge < -0.3 is 18.5 Å². The largest absolute Gasteiger partial charge is 0.456 e. The van der Waals surface area contributed by atoms with Gasteiger partial charge in [-0.2, -0.15) is 0 Å². The average molecular weight is 684 g/mol. The molecular formula is C48H30FN3O. The number of benzene rings is 8. The molecule has 0 N–H and O–H groups in total. The van der Waals surface area contributed by atoms with E-state index < -0.39 is 0 Å². The summed E-state index contributed by atoms with van der Waals surface area (Å²) in [4.78, 5) is 2.35. The zero-order valence-electron chi connectivity index (χ0n) is 28.4. The number of hydrogen-bond acceptors (Lipinski definition) is 2. The summed E-state index contributed by atoms with van der Waals surface area (Å²) in [5.41, 5.74) is 10.7. The summed E-state index contributed by atoms with van der Waals surface area (Å²) in [5, 5.41) is 6.29. The molecule has 3 heterocycles. The summed E-state index contributed by atoms with van der Waals surface area (Å²) in [6.45, 7) is 0. The van der Waals surface area contributed by atoms with Crippen molar-refractivity contribution in [1.82, 2.24) is 9.13 Å². The lowest BCUT2D eigenvalue weighted by Crippen LogP contribution is -2.13. The number of fused-ring (bicyclic) bond motifs is 9. The van der Waals surface area contributed by atoms with Gasteiger partial charge in [0.05, 0.1) is 39.1 Å². The molecular weight excluding hydrogens is 654 g/mol. The van der Waals surface area contributed by atoms with Crippen LogP contribution in [0, 0.1) is 5.82 Å². The van der Waals surface area contributed by atoms with Crippen molar-refractivity contribution in [3.05, 3.63) is 188 Å². The van der Waals surface area contributed by atoms with Gasteiger partial charge in [0.2, 0.25) is 0 Å². The number of halogens is 1. The van der Waals surface area contributed by atoms with Crippen LogP contribution in [0.4, 0.5) is 21.5 Å². The van der Waals surface area contributed by atoms with Gasteiger partial charge in [0, 0.05) is 49.8 Å². The van der Waals surface area contributed by atoms with Crippen LogP contribution in [-0.4, -0.2) is 9.13 Å². The predicted molar refractivity (Wildman–Crippen MR) is 217 cm³/mol. The first kappa shape index (κ1) is 29.6. The molecule has 11 aromatic rings. The molecule has 11 rings (SSSR count). The quantitative estimate of drug-likeness (QED) is 0.180. The summed E-state index contributed by atoms with van der Waals surface area (Å²) < 4.78 is 26.2. The van der Waals surface area contributed by atoms with Crippen molar-refractivity contribution < 1.29 is 8.81 Å². The van der Waals surface area contributed by atoms with Crippen molar-refractivity contribution >= 4 is 82.6 Å². The molecule has 5 heteroatoms. The minimum atomic E-state index is -0.264. The number of para-hydroxylation sites is 6. The van der Waals surface area contributed by atoms with E-state index in [0.29, 0.717) is 0 Å². The number of anilines is 3. The Morgan fingerprint density at radius 2 is 0.943 bits per heavy atom. The highest BCUT2D eigenvalue weighted by Crippen LogP contribution is 2.48. The molecule has 0 fully saturated rings. The molecule has 53 heavy (non-hydrogen) atoms. The minimum absolute atomic E-state index is 0.264. The van der Waals surface area contributed by atoms with Crippen LogP contribution < -0.4 is 4.90 Å². The van der Waals surface area contributed by atoms with E-state index >= 15 is 4.39 Å². The zero-order valence-corrected chi connectivity index (χ0v) is 28.4. The monoisotopic (exact) mass is 683 g/mol. The minimum Gasteiger partial charge on any atom is -0.456 e. The molecule has 0 atom stereocenters. The van der Waals surface area contributed by atoms with Crippen LogP contribution in [0.1, 0.15) is 0 Å². The van der Waals surface area contributed by atoms with Crippen molar-refractivity contribution in [3.8, 4) is 11.4 Å². The van der Waals surface area contributed by atoms with Crippen molar-refractivity contribution in [2.75, 3.05) is 4.90 Å². The van der Waals surface area contributed by atoms with Crippen molar-refractivity contribution in [3.63, 3.8) is 0 Å². The van der Waals surface area contributed by atoms with Crippen LogP contribution in [0.25, 0.3) is 76.9 Å². The molecule has 250 valence electrons. The normalized spacial score (nSPS) is 11.9. The van der Waals surface area contributed by atoms with E-state index in [-0.39, 0.29) is 5.82 Å². The van der Waals surface area contributed by atoms with E-state index in [4.69, 9.17) is 4.42 Å². The Morgan fingerprint density at radius 1 is 0.396 bits per heavy atom. The summed E-state index contributed by atoms with van der Waals surface area (Å²) in [7, 11) is 0. The van der Waals surface area contributed by atoms with E-state index in [2.05, 4.69) is 141 Å². The Bertz CT molecular complexity index is 3190. The molecule has 4 nitrogen and oxygen atoms in total. The maximum Gasteiger partial charge on any atom is 0.137 e. The van der Waals surface area contributed by atoms with Gasteiger partial charge in [-0.3, -0.25) is 0 Å². The Balaban J connectivity index is 1.31. The number of nitrogens with zero attached hydrogens (tertiary/aromatic N) is 3. The van der Waals surface area contributed by atoms with Crippen molar-refractivity contribution in [1.29, 1.82) is 0 Å². The zero-order chi connectivity index (χ0) is 35.0. The standard InChI is InChI=1S/C48H30FN3O/c49-31-25-28-42-40(29-31)39-20-12-23-44(48(39)52(42)33-15-5-2-6-16-33)50(34-26-27-37-36-18-8-10-24-45(36)53-46(37)30-34)43-22-11-19-38-35-17-7-9-21-41(35)51(47(38)43)32-13-3-1-4-14-32/h1-30H. The van der Waals surface area contributed by atoms with Crippen LogP contribution in [0.2, 0.25) is 0 Å². The highest BCUT2D eigenvalue weighted by Gasteiger charge is 2.26. The lowest BCUT2D eigenvalue weighted by Gasteiger charge is -2.28. The second-order valence-corrected chi connectivity index (χ2v) is 13.5. The average Bonchev–Trinajstić information content (AvgIpc) is 3.87. The molecule has 8 aromatic carbocycles. The maximum absolute atomic E-state index is 15.1. The van der Waals surface area contributed by atoms with Gasteiger partial charge in [0.1, 0.15) is 17.0 Å².